The molecule has 0 radical (unpaired) electrons. The smallest absolute Gasteiger partial charge is 0.241 e. The molecule has 1 saturated heterocycles. The Balaban J connectivity index is 1.94. The van der Waals surface area contributed by atoms with E-state index in [1.54, 1.807) is 0 Å². The fraction of sp³-hybridized carbons (Fsp3) is 0.429. The average molecular weight is 243 g/mol. The molecule has 1 aliphatic rings. The summed E-state index contributed by atoms with van der Waals surface area (Å²) in [5, 5.41) is 11.5. The van der Waals surface area contributed by atoms with Crippen LogP contribution in [0, 0.1) is 11.3 Å². The van der Waals surface area contributed by atoms with E-state index in [1.807, 2.05) is 30.3 Å². The van der Waals surface area contributed by atoms with Crippen LogP contribution in [0.1, 0.15) is 19.3 Å². The fourth-order valence-electron chi connectivity index (χ4n) is 2.33. The molecule has 18 heavy (non-hydrogen) atoms. The molecule has 1 fully saturated rings. The van der Waals surface area contributed by atoms with E-state index in [9.17, 15) is 4.79 Å². The Labute approximate surface area is 107 Å². The topological polar surface area (TPSA) is 56.1 Å². The average Bonchev–Trinajstić information content (AvgIpc) is 2.86. The number of para-hydroxylation sites is 1. The van der Waals surface area contributed by atoms with Crippen LogP contribution in [0.15, 0.2) is 30.3 Å². The third-order valence-electron chi connectivity index (χ3n) is 3.22. The van der Waals surface area contributed by atoms with Crippen molar-refractivity contribution in [2.45, 2.75) is 25.3 Å². The van der Waals surface area contributed by atoms with Crippen LogP contribution >= 0.6 is 0 Å². The van der Waals surface area contributed by atoms with Crippen molar-refractivity contribution in [3.63, 3.8) is 0 Å². The summed E-state index contributed by atoms with van der Waals surface area (Å²) in [5.41, 5.74) is 0.828. The molecule has 0 saturated carbocycles. The zero-order valence-electron chi connectivity index (χ0n) is 10.3. The number of rotatable bonds is 4. The highest BCUT2D eigenvalue weighted by Gasteiger charge is 2.30. The fourth-order valence-corrected chi connectivity index (χ4v) is 2.33. The molecule has 0 unspecified atom stereocenters. The van der Waals surface area contributed by atoms with Gasteiger partial charge in [-0.2, -0.15) is 5.26 Å². The van der Waals surface area contributed by atoms with Crippen molar-refractivity contribution in [2.24, 2.45) is 0 Å². The van der Waals surface area contributed by atoms with E-state index in [0.717, 1.165) is 25.1 Å². The minimum absolute atomic E-state index is 0.0386. The van der Waals surface area contributed by atoms with Crippen molar-refractivity contribution >= 4 is 11.6 Å². The number of hydrogen-bond donors (Lipinski definition) is 1. The molecule has 2 rings (SSSR count). The maximum Gasteiger partial charge on any atom is 0.241 e. The number of likely N-dealkylation sites (tertiary alicyclic amines) is 1. The van der Waals surface area contributed by atoms with Gasteiger partial charge in [-0.1, -0.05) is 18.2 Å². The van der Waals surface area contributed by atoms with E-state index in [2.05, 4.69) is 16.3 Å². The van der Waals surface area contributed by atoms with Gasteiger partial charge in [-0.15, -0.1) is 0 Å². The van der Waals surface area contributed by atoms with Gasteiger partial charge in [0.05, 0.1) is 12.1 Å². The first-order valence-corrected chi connectivity index (χ1v) is 6.28. The summed E-state index contributed by atoms with van der Waals surface area (Å²) < 4.78 is 0. The Hall–Kier alpha value is -1.86. The number of amides is 1. The van der Waals surface area contributed by atoms with E-state index in [1.165, 1.54) is 0 Å². The molecule has 1 N–H and O–H groups in total. The number of nitrogens with zero attached hydrogens (tertiary/aromatic N) is 2. The highest BCUT2D eigenvalue weighted by atomic mass is 16.2. The van der Waals surface area contributed by atoms with Crippen molar-refractivity contribution in [1.29, 1.82) is 5.26 Å². The molecular weight excluding hydrogens is 226 g/mol. The van der Waals surface area contributed by atoms with Crippen molar-refractivity contribution in [3.05, 3.63) is 30.3 Å². The van der Waals surface area contributed by atoms with Crippen molar-refractivity contribution < 1.29 is 4.79 Å². The van der Waals surface area contributed by atoms with E-state index >= 15 is 0 Å². The largest absolute Gasteiger partial charge is 0.325 e. The lowest BCUT2D eigenvalue weighted by atomic mass is 10.2. The van der Waals surface area contributed by atoms with Gasteiger partial charge in [0.25, 0.3) is 0 Å². The SMILES string of the molecule is N#CCCN1CCC[C@H]1C(=O)Nc1ccccc1. The van der Waals surface area contributed by atoms with Crippen LogP contribution in [0.3, 0.4) is 0 Å². The van der Waals surface area contributed by atoms with Crippen LogP contribution in [-0.2, 0) is 4.79 Å². The lowest BCUT2D eigenvalue weighted by Crippen LogP contribution is -2.40. The van der Waals surface area contributed by atoms with Crippen LogP contribution in [-0.4, -0.2) is 29.9 Å². The number of benzene rings is 1. The second-order valence-corrected chi connectivity index (χ2v) is 4.46. The summed E-state index contributed by atoms with van der Waals surface area (Å²) in [6.07, 6.45) is 2.39. The van der Waals surface area contributed by atoms with Crippen LogP contribution in [0.25, 0.3) is 0 Å². The van der Waals surface area contributed by atoms with Crippen LogP contribution in [0.5, 0.6) is 0 Å². The quantitative estimate of drug-likeness (QED) is 0.880. The molecule has 1 aromatic rings. The third-order valence-corrected chi connectivity index (χ3v) is 3.22. The molecule has 0 bridgehead atoms. The molecule has 4 heteroatoms. The molecule has 0 spiro atoms. The van der Waals surface area contributed by atoms with Gasteiger partial charge in [-0.25, -0.2) is 0 Å². The van der Waals surface area contributed by atoms with Gasteiger partial charge >= 0.3 is 0 Å². The molecule has 1 heterocycles. The number of carbonyl (C=O) groups is 1. The first-order valence-electron chi connectivity index (χ1n) is 6.28. The van der Waals surface area contributed by atoms with Crippen LogP contribution in [0.4, 0.5) is 5.69 Å². The number of hydrogen-bond acceptors (Lipinski definition) is 3. The molecule has 1 amide bonds. The molecule has 0 aliphatic carbocycles. The van der Waals surface area contributed by atoms with Crippen molar-refractivity contribution in [2.75, 3.05) is 18.4 Å². The van der Waals surface area contributed by atoms with Gasteiger partial charge in [-0.05, 0) is 31.5 Å². The van der Waals surface area contributed by atoms with Crippen molar-refractivity contribution in [3.8, 4) is 6.07 Å². The molecule has 4 nitrogen and oxygen atoms in total. The number of carbonyl (C=O) groups excluding carboxylic acids is 1. The van der Waals surface area contributed by atoms with Crippen LogP contribution < -0.4 is 5.32 Å². The molecule has 1 aliphatic heterocycles. The predicted molar refractivity (Wildman–Crippen MR) is 69.9 cm³/mol. The molecule has 94 valence electrons. The number of nitriles is 1. The standard InChI is InChI=1S/C14H17N3O/c15-9-5-11-17-10-4-8-13(17)14(18)16-12-6-2-1-3-7-12/h1-3,6-7,13H,4-5,8,10-11H2,(H,16,18)/t13-/m0/s1. The first-order chi connectivity index (χ1) is 8.81. The van der Waals surface area contributed by atoms with Gasteiger partial charge in [-0.3, -0.25) is 9.69 Å². The molecule has 0 aromatic heterocycles. The minimum Gasteiger partial charge on any atom is -0.325 e. The van der Waals surface area contributed by atoms with Gasteiger partial charge < -0.3 is 5.32 Å². The molecule has 1 aromatic carbocycles. The summed E-state index contributed by atoms with van der Waals surface area (Å²) in [4.78, 5) is 14.3. The van der Waals surface area contributed by atoms with E-state index in [-0.39, 0.29) is 11.9 Å². The second kappa shape index (κ2) is 6.18. The van der Waals surface area contributed by atoms with Gasteiger partial charge in [0, 0.05) is 18.7 Å². The van der Waals surface area contributed by atoms with E-state index in [4.69, 9.17) is 5.26 Å². The Bertz CT molecular complexity index is 438. The maximum absolute atomic E-state index is 12.2. The number of nitrogens with one attached hydrogen (secondary N) is 1. The lowest BCUT2D eigenvalue weighted by Gasteiger charge is -2.22. The first kappa shape index (κ1) is 12.6. The summed E-state index contributed by atoms with van der Waals surface area (Å²) in [6.45, 7) is 1.60. The van der Waals surface area contributed by atoms with Gasteiger partial charge in [0.1, 0.15) is 0 Å². The molecular formula is C14H17N3O. The van der Waals surface area contributed by atoms with E-state index in [0.29, 0.717) is 13.0 Å². The Morgan fingerprint density at radius 2 is 2.22 bits per heavy atom. The Morgan fingerprint density at radius 1 is 1.44 bits per heavy atom. The van der Waals surface area contributed by atoms with Gasteiger partial charge in [0.2, 0.25) is 5.91 Å². The third kappa shape index (κ3) is 3.08. The second-order valence-electron chi connectivity index (χ2n) is 4.46. The zero-order chi connectivity index (χ0) is 12.8. The predicted octanol–water partition coefficient (Wildman–Crippen LogP) is 2.00. The highest BCUT2D eigenvalue weighted by molar-refractivity contribution is 5.94. The monoisotopic (exact) mass is 243 g/mol. The number of anilines is 1. The minimum atomic E-state index is -0.0847. The summed E-state index contributed by atoms with van der Waals surface area (Å²) in [7, 11) is 0. The summed E-state index contributed by atoms with van der Waals surface area (Å²) >= 11 is 0. The Kier molecular flexibility index (Phi) is 4.32. The van der Waals surface area contributed by atoms with E-state index < -0.39 is 0 Å². The van der Waals surface area contributed by atoms with Crippen molar-refractivity contribution in [1.82, 2.24) is 4.90 Å². The summed E-state index contributed by atoms with van der Waals surface area (Å²) in [5.74, 6) is 0.0386. The van der Waals surface area contributed by atoms with Gasteiger partial charge in [0.15, 0.2) is 0 Å². The lowest BCUT2D eigenvalue weighted by molar-refractivity contribution is -0.120. The zero-order valence-corrected chi connectivity index (χ0v) is 10.3. The Morgan fingerprint density at radius 3 is 2.94 bits per heavy atom. The maximum atomic E-state index is 12.2. The highest BCUT2D eigenvalue weighted by Crippen LogP contribution is 2.19. The van der Waals surface area contributed by atoms with Crippen LogP contribution in [0.2, 0.25) is 0 Å². The molecule has 1 atom stereocenters. The summed E-state index contributed by atoms with van der Waals surface area (Å²) in [6, 6.07) is 11.5. The normalized spacial score (nSPS) is 19.4.